The highest BCUT2D eigenvalue weighted by Crippen LogP contribution is 2.31. The van der Waals surface area contributed by atoms with Gasteiger partial charge < -0.3 is 20.0 Å². The fourth-order valence-corrected chi connectivity index (χ4v) is 4.01. The molecular formula is C25H34N2O2S. The van der Waals surface area contributed by atoms with Gasteiger partial charge in [0.15, 0.2) is 5.11 Å². The van der Waals surface area contributed by atoms with Gasteiger partial charge in [-0.3, -0.25) is 0 Å². The van der Waals surface area contributed by atoms with Crippen LogP contribution in [0.4, 0.5) is 0 Å². The van der Waals surface area contributed by atoms with Gasteiger partial charge in [0.25, 0.3) is 0 Å². The SMILES string of the molecule is CC(C)(C)c1ccc(O)c(CN2CCN(Cc3cc(C(C)(C)C)ccc3O)C2=S)c1. The molecule has 2 aromatic rings. The molecule has 1 aliphatic rings. The molecule has 1 heterocycles. The molecule has 2 aromatic carbocycles. The Morgan fingerprint density at radius 3 is 1.43 bits per heavy atom. The average Bonchev–Trinajstić information content (AvgIpc) is 2.97. The summed E-state index contributed by atoms with van der Waals surface area (Å²) in [5, 5.41) is 21.5. The van der Waals surface area contributed by atoms with Crippen molar-refractivity contribution in [2.75, 3.05) is 13.1 Å². The van der Waals surface area contributed by atoms with Crippen LogP contribution in [0.15, 0.2) is 36.4 Å². The Bertz CT molecular complexity index is 866. The molecular weight excluding hydrogens is 392 g/mol. The van der Waals surface area contributed by atoms with Gasteiger partial charge in [-0.2, -0.15) is 0 Å². The van der Waals surface area contributed by atoms with E-state index in [1.807, 2.05) is 12.1 Å². The zero-order valence-corrected chi connectivity index (χ0v) is 19.8. The van der Waals surface area contributed by atoms with E-state index in [1.165, 1.54) is 11.1 Å². The van der Waals surface area contributed by atoms with Crippen LogP contribution in [0.1, 0.15) is 63.8 Å². The van der Waals surface area contributed by atoms with E-state index in [0.717, 1.165) is 29.3 Å². The molecule has 0 saturated carbocycles. The minimum absolute atomic E-state index is 0.0234. The summed E-state index contributed by atoms with van der Waals surface area (Å²) in [5.41, 5.74) is 4.22. The van der Waals surface area contributed by atoms with Crippen molar-refractivity contribution in [2.45, 2.75) is 65.5 Å². The first-order chi connectivity index (χ1) is 13.9. The number of hydrogen-bond acceptors (Lipinski definition) is 3. The quantitative estimate of drug-likeness (QED) is 0.650. The van der Waals surface area contributed by atoms with E-state index in [-0.39, 0.29) is 10.8 Å². The number of phenolic OH excluding ortho intramolecular Hbond substituents is 2. The summed E-state index contributed by atoms with van der Waals surface area (Å²) >= 11 is 5.75. The van der Waals surface area contributed by atoms with Crippen LogP contribution in [-0.2, 0) is 23.9 Å². The minimum atomic E-state index is 0.0234. The third-order valence-electron chi connectivity index (χ3n) is 5.79. The van der Waals surface area contributed by atoms with Crippen LogP contribution >= 0.6 is 12.2 Å². The molecule has 0 radical (unpaired) electrons. The molecule has 0 unspecified atom stereocenters. The van der Waals surface area contributed by atoms with Crippen LogP contribution < -0.4 is 0 Å². The average molecular weight is 427 g/mol. The third-order valence-corrected chi connectivity index (χ3v) is 6.31. The second-order valence-electron chi connectivity index (χ2n) is 10.3. The highest BCUT2D eigenvalue weighted by molar-refractivity contribution is 7.80. The monoisotopic (exact) mass is 426 g/mol. The summed E-state index contributed by atoms with van der Waals surface area (Å²) in [7, 11) is 0. The zero-order chi connectivity index (χ0) is 22.3. The third kappa shape index (κ3) is 4.89. The van der Waals surface area contributed by atoms with Gasteiger partial charge >= 0.3 is 0 Å². The van der Waals surface area contributed by atoms with Crippen molar-refractivity contribution in [3.05, 3.63) is 58.7 Å². The molecule has 0 spiro atoms. The predicted octanol–water partition coefficient (Wildman–Crippen LogP) is 5.30. The maximum Gasteiger partial charge on any atom is 0.172 e. The molecule has 0 aliphatic carbocycles. The molecule has 3 rings (SSSR count). The molecule has 0 bridgehead atoms. The fourth-order valence-electron chi connectivity index (χ4n) is 3.69. The molecule has 2 N–H and O–H groups in total. The summed E-state index contributed by atoms with van der Waals surface area (Å²) in [6.45, 7) is 15.8. The van der Waals surface area contributed by atoms with Crippen LogP contribution in [0.3, 0.4) is 0 Å². The maximum absolute atomic E-state index is 10.4. The predicted molar refractivity (Wildman–Crippen MR) is 127 cm³/mol. The Labute approximate surface area is 186 Å². The van der Waals surface area contributed by atoms with Crippen LogP contribution in [0.2, 0.25) is 0 Å². The lowest BCUT2D eigenvalue weighted by Gasteiger charge is -2.25. The van der Waals surface area contributed by atoms with E-state index < -0.39 is 0 Å². The number of nitrogens with zero attached hydrogens (tertiary/aromatic N) is 2. The number of benzene rings is 2. The molecule has 5 heteroatoms. The first kappa shape index (κ1) is 22.4. The largest absolute Gasteiger partial charge is 0.508 e. The van der Waals surface area contributed by atoms with Crippen LogP contribution in [0.5, 0.6) is 11.5 Å². The standard InChI is InChI=1S/C25H34N2O2S/c1-24(2,3)19-7-9-21(28)17(13-19)15-26-11-12-27(23(26)30)16-18-14-20(25(4,5)6)8-10-22(18)29/h7-10,13-14,28-29H,11-12,15-16H2,1-6H3. The number of rotatable bonds is 4. The number of thiocarbonyl (C=S) groups is 1. The Morgan fingerprint density at radius 1 is 0.733 bits per heavy atom. The second-order valence-corrected chi connectivity index (χ2v) is 10.7. The minimum Gasteiger partial charge on any atom is -0.508 e. The van der Waals surface area contributed by atoms with Crippen molar-refractivity contribution < 1.29 is 10.2 Å². The molecule has 0 aromatic heterocycles. The second kappa shape index (κ2) is 8.10. The van der Waals surface area contributed by atoms with E-state index in [1.54, 1.807) is 12.1 Å². The van der Waals surface area contributed by atoms with Crippen LogP contribution in [-0.4, -0.2) is 38.2 Å². The van der Waals surface area contributed by atoms with Gasteiger partial charge in [-0.25, -0.2) is 0 Å². The molecule has 162 valence electrons. The number of hydrogen-bond donors (Lipinski definition) is 2. The Kier molecular flexibility index (Phi) is 6.06. The molecule has 1 saturated heterocycles. The summed E-state index contributed by atoms with van der Waals surface area (Å²) in [6, 6.07) is 11.7. The number of aromatic hydroxyl groups is 2. The van der Waals surface area contributed by atoms with E-state index in [4.69, 9.17) is 12.2 Å². The lowest BCUT2D eigenvalue weighted by molar-refractivity contribution is 0.424. The lowest BCUT2D eigenvalue weighted by atomic mass is 9.86. The van der Waals surface area contributed by atoms with Gasteiger partial charge in [-0.05, 0) is 58.4 Å². The zero-order valence-electron chi connectivity index (χ0n) is 19.0. The van der Waals surface area contributed by atoms with Gasteiger partial charge in [0.05, 0.1) is 0 Å². The van der Waals surface area contributed by atoms with Crippen molar-refractivity contribution in [3.63, 3.8) is 0 Å². The summed E-state index contributed by atoms with van der Waals surface area (Å²) in [6.07, 6.45) is 0. The van der Waals surface area contributed by atoms with Crippen molar-refractivity contribution in [1.82, 2.24) is 9.80 Å². The van der Waals surface area contributed by atoms with E-state index in [9.17, 15) is 10.2 Å². The highest BCUT2D eigenvalue weighted by atomic mass is 32.1. The topological polar surface area (TPSA) is 46.9 Å². The Hall–Kier alpha value is -2.27. The molecule has 1 aliphatic heterocycles. The van der Waals surface area contributed by atoms with Gasteiger partial charge in [0.2, 0.25) is 0 Å². The lowest BCUT2D eigenvalue weighted by Crippen LogP contribution is -2.31. The fraction of sp³-hybridized carbons (Fsp3) is 0.480. The van der Waals surface area contributed by atoms with Crippen molar-refractivity contribution in [1.29, 1.82) is 0 Å². The van der Waals surface area contributed by atoms with Crippen molar-refractivity contribution >= 4 is 17.3 Å². The molecule has 4 nitrogen and oxygen atoms in total. The van der Waals surface area contributed by atoms with E-state index in [0.29, 0.717) is 24.6 Å². The Morgan fingerprint density at radius 2 is 1.10 bits per heavy atom. The maximum atomic E-state index is 10.4. The molecule has 1 fully saturated rings. The van der Waals surface area contributed by atoms with Gasteiger partial charge in [0.1, 0.15) is 11.5 Å². The van der Waals surface area contributed by atoms with E-state index >= 15 is 0 Å². The van der Waals surface area contributed by atoms with E-state index in [2.05, 4.69) is 63.5 Å². The van der Waals surface area contributed by atoms with Crippen LogP contribution in [0.25, 0.3) is 0 Å². The highest BCUT2D eigenvalue weighted by Gasteiger charge is 2.27. The molecule has 30 heavy (non-hydrogen) atoms. The first-order valence-electron chi connectivity index (χ1n) is 10.5. The number of phenols is 2. The summed E-state index contributed by atoms with van der Waals surface area (Å²) < 4.78 is 0. The normalized spacial score (nSPS) is 15.2. The van der Waals surface area contributed by atoms with Gasteiger partial charge in [-0.15, -0.1) is 0 Å². The summed E-state index contributed by atoms with van der Waals surface area (Å²) in [5.74, 6) is 0.611. The van der Waals surface area contributed by atoms with Crippen LogP contribution in [0, 0.1) is 0 Å². The molecule has 0 atom stereocenters. The van der Waals surface area contributed by atoms with Crippen molar-refractivity contribution in [2.24, 2.45) is 0 Å². The van der Waals surface area contributed by atoms with Gasteiger partial charge in [-0.1, -0.05) is 53.7 Å². The smallest absolute Gasteiger partial charge is 0.172 e. The Balaban J connectivity index is 1.75. The summed E-state index contributed by atoms with van der Waals surface area (Å²) in [4.78, 5) is 4.25. The van der Waals surface area contributed by atoms with Crippen molar-refractivity contribution in [3.8, 4) is 11.5 Å². The first-order valence-corrected chi connectivity index (χ1v) is 11.0. The molecule has 0 amide bonds. The van der Waals surface area contributed by atoms with Gasteiger partial charge in [0, 0.05) is 37.3 Å².